The topological polar surface area (TPSA) is 95.5 Å². The number of thiophene rings is 1. The van der Waals surface area contributed by atoms with Crippen molar-refractivity contribution in [1.29, 1.82) is 0 Å². The van der Waals surface area contributed by atoms with E-state index in [4.69, 9.17) is 0 Å². The van der Waals surface area contributed by atoms with Crippen molar-refractivity contribution in [3.63, 3.8) is 0 Å². The van der Waals surface area contributed by atoms with E-state index in [1.54, 1.807) is 0 Å². The first-order chi connectivity index (χ1) is 14.9. The first-order valence-corrected chi connectivity index (χ1v) is 11.5. The fourth-order valence-corrected chi connectivity index (χ4v) is 5.68. The summed E-state index contributed by atoms with van der Waals surface area (Å²) in [4.78, 5) is 39.0. The van der Waals surface area contributed by atoms with E-state index in [1.807, 2.05) is 43.3 Å². The molecule has 0 saturated heterocycles. The average molecular weight is 439 g/mol. The lowest BCUT2D eigenvalue weighted by Gasteiger charge is -2.24. The number of amides is 2. The van der Waals surface area contributed by atoms with Crippen LogP contribution < -0.4 is 10.6 Å². The lowest BCUT2D eigenvalue weighted by atomic mass is 9.82. The molecule has 0 aliphatic heterocycles. The number of benzene rings is 1. The molecule has 2 aliphatic carbocycles. The Balaban J connectivity index is 1.62. The molecule has 0 bridgehead atoms. The third-order valence-corrected chi connectivity index (χ3v) is 7.20. The standard InChI is InChI=1S/C24H26N2O4S/c1-14-7-6-8-15(13-14)25-22(28)20-18-11-4-5-12-19(18)31-23(20)26-21(27)16-9-2-3-10-17(16)24(29)30/h2-3,6-8,13,16-17H,4-5,9-12H2,1H3,(H,25,28)(H,26,27)(H,29,30). The molecule has 4 rings (SSSR count). The highest BCUT2D eigenvalue weighted by molar-refractivity contribution is 7.17. The second-order valence-corrected chi connectivity index (χ2v) is 9.33. The number of carboxylic acids is 1. The van der Waals surface area contributed by atoms with Crippen molar-refractivity contribution >= 4 is 39.8 Å². The van der Waals surface area contributed by atoms with E-state index in [0.717, 1.165) is 41.7 Å². The Morgan fingerprint density at radius 1 is 1.03 bits per heavy atom. The van der Waals surface area contributed by atoms with E-state index in [-0.39, 0.29) is 11.8 Å². The van der Waals surface area contributed by atoms with Gasteiger partial charge in [0.1, 0.15) is 5.00 Å². The van der Waals surface area contributed by atoms with Gasteiger partial charge in [-0.2, -0.15) is 0 Å². The maximum absolute atomic E-state index is 13.2. The first-order valence-electron chi connectivity index (χ1n) is 10.6. The number of carbonyl (C=O) groups excluding carboxylic acids is 2. The Morgan fingerprint density at radius 3 is 2.52 bits per heavy atom. The average Bonchev–Trinajstić information content (AvgIpc) is 3.11. The van der Waals surface area contributed by atoms with E-state index in [1.165, 1.54) is 11.3 Å². The highest BCUT2D eigenvalue weighted by Crippen LogP contribution is 2.39. The van der Waals surface area contributed by atoms with Crippen LogP contribution in [0.3, 0.4) is 0 Å². The van der Waals surface area contributed by atoms with Gasteiger partial charge in [-0.05, 0) is 68.7 Å². The van der Waals surface area contributed by atoms with Crippen LogP contribution in [-0.4, -0.2) is 22.9 Å². The van der Waals surface area contributed by atoms with Crippen molar-refractivity contribution in [2.75, 3.05) is 10.6 Å². The Labute approximate surface area is 185 Å². The van der Waals surface area contributed by atoms with Gasteiger partial charge in [0, 0.05) is 10.6 Å². The number of fused-ring (bicyclic) bond motifs is 1. The number of hydrogen-bond acceptors (Lipinski definition) is 4. The summed E-state index contributed by atoms with van der Waals surface area (Å²) in [6, 6.07) is 7.60. The minimum atomic E-state index is -0.965. The van der Waals surface area contributed by atoms with Gasteiger partial charge in [0.2, 0.25) is 5.91 Å². The Morgan fingerprint density at radius 2 is 1.77 bits per heavy atom. The molecule has 31 heavy (non-hydrogen) atoms. The largest absolute Gasteiger partial charge is 0.481 e. The number of hydrogen-bond donors (Lipinski definition) is 3. The molecule has 1 aromatic carbocycles. The molecule has 2 aliphatic rings. The van der Waals surface area contributed by atoms with Crippen LogP contribution in [0.25, 0.3) is 0 Å². The first kappa shape index (κ1) is 21.3. The van der Waals surface area contributed by atoms with E-state index in [9.17, 15) is 19.5 Å². The molecule has 6 nitrogen and oxygen atoms in total. The summed E-state index contributed by atoms with van der Waals surface area (Å²) in [5.41, 5.74) is 3.29. The summed E-state index contributed by atoms with van der Waals surface area (Å²) in [6.45, 7) is 1.96. The minimum absolute atomic E-state index is 0.237. The molecule has 3 N–H and O–H groups in total. The maximum Gasteiger partial charge on any atom is 0.307 e. The van der Waals surface area contributed by atoms with Crippen LogP contribution in [0.4, 0.5) is 10.7 Å². The molecule has 0 radical (unpaired) electrons. The molecular formula is C24H26N2O4S. The minimum Gasteiger partial charge on any atom is -0.481 e. The molecule has 7 heteroatoms. The normalized spacial score (nSPS) is 20.0. The Hall–Kier alpha value is -2.93. The summed E-state index contributed by atoms with van der Waals surface area (Å²) in [7, 11) is 0. The second kappa shape index (κ2) is 9.06. The Bertz CT molecular complexity index is 1060. The van der Waals surface area contributed by atoms with Crippen molar-refractivity contribution < 1.29 is 19.5 Å². The van der Waals surface area contributed by atoms with Crippen molar-refractivity contribution in [2.24, 2.45) is 11.8 Å². The number of carbonyl (C=O) groups is 3. The van der Waals surface area contributed by atoms with Gasteiger partial charge in [-0.3, -0.25) is 14.4 Å². The lowest BCUT2D eigenvalue weighted by molar-refractivity contribution is -0.146. The van der Waals surface area contributed by atoms with Crippen LogP contribution in [0.2, 0.25) is 0 Å². The molecular weight excluding hydrogens is 412 g/mol. The van der Waals surface area contributed by atoms with Gasteiger partial charge in [0.05, 0.1) is 17.4 Å². The van der Waals surface area contributed by atoms with Crippen LogP contribution in [0.1, 0.15) is 52.0 Å². The van der Waals surface area contributed by atoms with Gasteiger partial charge in [-0.15, -0.1) is 11.3 Å². The molecule has 1 heterocycles. The number of allylic oxidation sites excluding steroid dienone is 2. The maximum atomic E-state index is 13.2. The van der Waals surface area contributed by atoms with Crippen LogP contribution in [0, 0.1) is 18.8 Å². The predicted molar refractivity (Wildman–Crippen MR) is 122 cm³/mol. The second-order valence-electron chi connectivity index (χ2n) is 8.22. The number of aryl methyl sites for hydroxylation is 2. The lowest BCUT2D eigenvalue weighted by Crippen LogP contribution is -2.35. The predicted octanol–water partition coefficient (Wildman–Crippen LogP) is 4.79. The third kappa shape index (κ3) is 4.56. The number of nitrogens with one attached hydrogen (secondary N) is 2. The van der Waals surface area contributed by atoms with E-state index >= 15 is 0 Å². The molecule has 2 atom stereocenters. The van der Waals surface area contributed by atoms with E-state index < -0.39 is 17.8 Å². The van der Waals surface area contributed by atoms with Gasteiger partial charge >= 0.3 is 5.97 Å². The molecule has 1 aromatic heterocycles. The van der Waals surface area contributed by atoms with Gasteiger partial charge in [-0.1, -0.05) is 24.3 Å². The molecule has 0 fully saturated rings. The van der Waals surface area contributed by atoms with Crippen LogP contribution in [0.5, 0.6) is 0 Å². The summed E-state index contributed by atoms with van der Waals surface area (Å²) in [5, 5.41) is 15.9. The summed E-state index contributed by atoms with van der Waals surface area (Å²) < 4.78 is 0. The zero-order valence-electron chi connectivity index (χ0n) is 17.4. The van der Waals surface area contributed by atoms with E-state index in [2.05, 4.69) is 10.6 Å². The molecule has 0 spiro atoms. The van der Waals surface area contributed by atoms with Crippen molar-refractivity contribution in [1.82, 2.24) is 0 Å². The van der Waals surface area contributed by atoms with E-state index in [0.29, 0.717) is 29.1 Å². The number of aliphatic carboxylic acids is 1. The molecule has 0 saturated carbocycles. The summed E-state index contributed by atoms with van der Waals surface area (Å²) >= 11 is 1.45. The van der Waals surface area contributed by atoms with Crippen molar-refractivity contribution in [3.05, 3.63) is 58.0 Å². The van der Waals surface area contributed by atoms with Gasteiger partial charge in [-0.25, -0.2) is 0 Å². The third-order valence-electron chi connectivity index (χ3n) is 6.00. The highest BCUT2D eigenvalue weighted by Gasteiger charge is 2.35. The molecule has 2 amide bonds. The number of rotatable bonds is 5. The van der Waals surface area contributed by atoms with Crippen LogP contribution in [-0.2, 0) is 22.4 Å². The summed E-state index contributed by atoms with van der Waals surface area (Å²) in [6.07, 6.45) is 8.17. The van der Waals surface area contributed by atoms with Crippen LogP contribution >= 0.6 is 11.3 Å². The number of carboxylic acid groups (broad SMARTS) is 1. The molecule has 162 valence electrons. The van der Waals surface area contributed by atoms with Gasteiger partial charge in [0.25, 0.3) is 5.91 Å². The zero-order chi connectivity index (χ0) is 22.0. The van der Waals surface area contributed by atoms with Crippen molar-refractivity contribution in [3.8, 4) is 0 Å². The Kier molecular flexibility index (Phi) is 6.23. The molecule has 2 unspecified atom stereocenters. The number of anilines is 2. The molecule has 2 aromatic rings. The monoisotopic (exact) mass is 438 g/mol. The smallest absolute Gasteiger partial charge is 0.307 e. The SMILES string of the molecule is Cc1cccc(NC(=O)c2c(NC(=O)C3CC=CCC3C(=O)O)sc3c2CCCC3)c1. The van der Waals surface area contributed by atoms with Gasteiger partial charge in [0.15, 0.2) is 0 Å². The quantitative estimate of drug-likeness (QED) is 0.585. The van der Waals surface area contributed by atoms with Gasteiger partial charge < -0.3 is 15.7 Å². The van der Waals surface area contributed by atoms with Crippen molar-refractivity contribution in [2.45, 2.75) is 45.4 Å². The summed E-state index contributed by atoms with van der Waals surface area (Å²) in [5.74, 6) is -2.93. The zero-order valence-corrected chi connectivity index (χ0v) is 18.3. The fraction of sp³-hybridized carbons (Fsp3) is 0.375. The highest BCUT2D eigenvalue weighted by atomic mass is 32.1. The van der Waals surface area contributed by atoms with Crippen LogP contribution in [0.15, 0.2) is 36.4 Å². The fourth-order valence-electron chi connectivity index (χ4n) is 4.39.